The Labute approximate surface area is 129 Å². The number of rotatable bonds is 5. The number of hydrogen-bond donors (Lipinski definition) is 3. The number of amides is 1. The Morgan fingerprint density at radius 2 is 1.77 bits per heavy atom. The van der Waals surface area contributed by atoms with Crippen molar-refractivity contribution in [3.05, 3.63) is 36.4 Å². The van der Waals surface area contributed by atoms with Gasteiger partial charge < -0.3 is 4.90 Å². The molecule has 0 spiro atoms. The van der Waals surface area contributed by atoms with E-state index in [0.717, 1.165) is 11.1 Å². The quantitative estimate of drug-likeness (QED) is 0.414. The van der Waals surface area contributed by atoms with Gasteiger partial charge in [0.05, 0.1) is 11.4 Å². The van der Waals surface area contributed by atoms with Crippen LogP contribution in [0.15, 0.2) is 41.3 Å². The van der Waals surface area contributed by atoms with Gasteiger partial charge in [-0.1, -0.05) is 24.3 Å². The summed E-state index contributed by atoms with van der Waals surface area (Å²) in [6, 6.07) is 10.5. The van der Waals surface area contributed by atoms with Crippen molar-refractivity contribution >= 4 is 32.4 Å². The van der Waals surface area contributed by atoms with Crippen LogP contribution in [0.5, 0.6) is 0 Å². The molecule has 2 aromatic carbocycles. The maximum absolute atomic E-state index is 12.4. The van der Waals surface area contributed by atoms with Gasteiger partial charge in [0.15, 0.2) is 0 Å². The molecule has 0 saturated heterocycles. The largest absolute Gasteiger partial charge is 0.377 e. The van der Waals surface area contributed by atoms with Crippen molar-refractivity contribution in [3.63, 3.8) is 0 Å². The maximum atomic E-state index is 12.4. The van der Waals surface area contributed by atoms with Crippen LogP contribution >= 0.6 is 0 Å². The lowest BCUT2D eigenvalue weighted by atomic mass is 10.1. The Morgan fingerprint density at radius 1 is 1.14 bits per heavy atom. The lowest BCUT2D eigenvalue weighted by molar-refractivity contribution is -0.120. The van der Waals surface area contributed by atoms with E-state index in [1.165, 1.54) is 6.07 Å². The zero-order chi connectivity index (χ0) is 16.3. The molecule has 0 aromatic heterocycles. The average Bonchev–Trinajstić information content (AvgIpc) is 2.51. The molecule has 0 unspecified atom stereocenters. The molecule has 0 aliphatic carbocycles. The molecule has 22 heavy (non-hydrogen) atoms. The molecule has 2 aromatic rings. The molecule has 0 aliphatic rings. The summed E-state index contributed by atoms with van der Waals surface area (Å²) in [7, 11) is -0.0421. The van der Waals surface area contributed by atoms with Gasteiger partial charge in [-0.25, -0.2) is 19.0 Å². The van der Waals surface area contributed by atoms with Crippen molar-refractivity contribution in [2.45, 2.75) is 4.90 Å². The minimum absolute atomic E-state index is 0.124. The average molecular weight is 322 g/mol. The summed E-state index contributed by atoms with van der Waals surface area (Å²) in [5, 5.41) is 1.41. The van der Waals surface area contributed by atoms with E-state index >= 15 is 0 Å². The minimum atomic E-state index is -3.82. The summed E-state index contributed by atoms with van der Waals surface area (Å²) in [4.78, 5) is 13.2. The molecule has 118 valence electrons. The van der Waals surface area contributed by atoms with E-state index < -0.39 is 22.5 Å². The molecule has 1 amide bonds. The summed E-state index contributed by atoms with van der Waals surface area (Å²) in [6.45, 7) is -0.414. The van der Waals surface area contributed by atoms with Crippen LogP contribution in [0.25, 0.3) is 10.8 Å². The summed E-state index contributed by atoms with van der Waals surface area (Å²) in [5.41, 5.74) is 2.79. The summed E-state index contributed by atoms with van der Waals surface area (Å²) in [6.07, 6.45) is 0. The maximum Gasteiger partial charge on any atom is 0.248 e. The number of carbonyl (C=O) groups excluding carboxylic acids is 1. The van der Waals surface area contributed by atoms with Crippen LogP contribution in [0, 0.1) is 0 Å². The molecule has 4 N–H and O–H groups in total. The second-order valence-corrected chi connectivity index (χ2v) is 6.65. The van der Waals surface area contributed by atoms with Gasteiger partial charge in [0, 0.05) is 30.6 Å². The predicted molar refractivity (Wildman–Crippen MR) is 85.8 cm³/mol. The normalized spacial score (nSPS) is 11.4. The Bertz CT molecular complexity index is 803. The molecule has 2 rings (SSSR count). The summed E-state index contributed by atoms with van der Waals surface area (Å²) in [5.74, 6) is 4.33. The molecular weight excluding hydrogens is 304 g/mol. The zero-order valence-corrected chi connectivity index (χ0v) is 13.1. The smallest absolute Gasteiger partial charge is 0.248 e. The third-order valence-electron chi connectivity index (χ3n) is 3.21. The van der Waals surface area contributed by atoms with Crippen molar-refractivity contribution in [1.29, 1.82) is 0 Å². The highest BCUT2D eigenvalue weighted by Gasteiger charge is 2.19. The Hall–Kier alpha value is -2.16. The van der Waals surface area contributed by atoms with E-state index in [1.54, 1.807) is 18.2 Å². The van der Waals surface area contributed by atoms with Gasteiger partial charge in [-0.05, 0) is 12.1 Å². The number of carbonyl (C=O) groups is 1. The van der Waals surface area contributed by atoms with Crippen molar-refractivity contribution < 1.29 is 13.2 Å². The Balaban J connectivity index is 2.52. The first kappa shape index (κ1) is 16.2. The van der Waals surface area contributed by atoms with Gasteiger partial charge in [-0.3, -0.25) is 10.2 Å². The standard InChI is InChI=1S/C14H18N4O3S/c1-18(2)12-7-3-6-11-10(12)5-4-8-13(11)22(20,21)16-9-14(19)17-15/h3-8,16H,9,15H2,1-2H3,(H,17,19). The molecule has 8 heteroatoms. The fourth-order valence-corrected chi connectivity index (χ4v) is 3.38. The number of hydrazine groups is 1. The lowest BCUT2D eigenvalue weighted by Gasteiger charge is -2.17. The second-order valence-electron chi connectivity index (χ2n) is 4.91. The van der Waals surface area contributed by atoms with E-state index in [4.69, 9.17) is 5.84 Å². The molecule has 0 saturated carbocycles. The number of fused-ring (bicyclic) bond motifs is 1. The topological polar surface area (TPSA) is 105 Å². The van der Waals surface area contributed by atoms with Crippen molar-refractivity contribution in [2.75, 3.05) is 25.5 Å². The minimum Gasteiger partial charge on any atom is -0.377 e. The molecule has 0 heterocycles. The van der Waals surface area contributed by atoms with E-state index in [1.807, 2.05) is 36.6 Å². The number of sulfonamides is 1. The molecule has 0 atom stereocenters. The van der Waals surface area contributed by atoms with Crippen molar-refractivity contribution in [1.82, 2.24) is 10.1 Å². The van der Waals surface area contributed by atoms with Crippen LogP contribution in [-0.2, 0) is 14.8 Å². The van der Waals surface area contributed by atoms with Gasteiger partial charge in [0.1, 0.15) is 0 Å². The van der Waals surface area contributed by atoms with E-state index in [2.05, 4.69) is 4.72 Å². The van der Waals surface area contributed by atoms with E-state index in [9.17, 15) is 13.2 Å². The second kappa shape index (κ2) is 6.30. The molecule has 0 fully saturated rings. The highest BCUT2D eigenvalue weighted by atomic mass is 32.2. The lowest BCUT2D eigenvalue weighted by Crippen LogP contribution is -2.40. The van der Waals surface area contributed by atoms with Crippen LogP contribution in [-0.4, -0.2) is 35.0 Å². The number of anilines is 1. The number of benzene rings is 2. The Morgan fingerprint density at radius 3 is 2.41 bits per heavy atom. The Kier molecular flexibility index (Phi) is 4.65. The molecule has 0 radical (unpaired) electrons. The number of nitrogens with one attached hydrogen (secondary N) is 2. The first-order valence-corrected chi connectivity index (χ1v) is 8.03. The fourth-order valence-electron chi connectivity index (χ4n) is 2.18. The summed E-state index contributed by atoms with van der Waals surface area (Å²) < 4.78 is 27.0. The zero-order valence-electron chi connectivity index (χ0n) is 12.3. The highest BCUT2D eigenvalue weighted by Crippen LogP contribution is 2.29. The summed E-state index contributed by atoms with van der Waals surface area (Å²) >= 11 is 0. The predicted octanol–water partition coefficient (Wildman–Crippen LogP) is 0.174. The van der Waals surface area contributed by atoms with Gasteiger partial charge in [-0.15, -0.1) is 0 Å². The first-order valence-electron chi connectivity index (χ1n) is 6.55. The van der Waals surface area contributed by atoms with E-state index in [-0.39, 0.29) is 4.90 Å². The van der Waals surface area contributed by atoms with Crippen LogP contribution in [0.4, 0.5) is 5.69 Å². The highest BCUT2D eigenvalue weighted by molar-refractivity contribution is 7.89. The SMILES string of the molecule is CN(C)c1cccc2c(S(=O)(=O)NCC(=O)NN)cccc12. The van der Waals surface area contributed by atoms with E-state index in [0.29, 0.717) is 5.39 Å². The van der Waals surface area contributed by atoms with Crippen LogP contribution < -0.4 is 20.9 Å². The van der Waals surface area contributed by atoms with Gasteiger partial charge in [-0.2, -0.15) is 0 Å². The van der Waals surface area contributed by atoms with Crippen molar-refractivity contribution in [3.8, 4) is 0 Å². The van der Waals surface area contributed by atoms with Gasteiger partial charge in [0.2, 0.25) is 15.9 Å². The van der Waals surface area contributed by atoms with Gasteiger partial charge >= 0.3 is 0 Å². The number of hydrogen-bond acceptors (Lipinski definition) is 5. The molecule has 0 aliphatic heterocycles. The first-order chi connectivity index (χ1) is 10.4. The number of nitrogens with zero attached hydrogens (tertiary/aromatic N) is 1. The fraction of sp³-hybridized carbons (Fsp3) is 0.214. The van der Waals surface area contributed by atoms with Crippen LogP contribution in [0.1, 0.15) is 0 Å². The van der Waals surface area contributed by atoms with Crippen molar-refractivity contribution in [2.24, 2.45) is 5.84 Å². The third kappa shape index (κ3) is 3.19. The molecule has 7 nitrogen and oxygen atoms in total. The van der Waals surface area contributed by atoms with Gasteiger partial charge in [0.25, 0.3) is 0 Å². The third-order valence-corrected chi connectivity index (χ3v) is 4.67. The molecular formula is C14H18N4O3S. The molecule has 0 bridgehead atoms. The van der Waals surface area contributed by atoms with Crippen LogP contribution in [0.2, 0.25) is 0 Å². The van der Waals surface area contributed by atoms with Crippen LogP contribution in [0.3, 0.4) is 0 Å². The number of nitrogens with two attached hydrogens (primary N) is 1. The monoisotopic (exact) mass is 322 g/mol.